The van der Waals surface area contributed by atoms with Crippen molar-refractivity contribution in [3.63, 3.8) is 0 Å². The fourth-order valence-corrected chi connectivity index (χ4v) is 3.55. The number of anilines is 1. The standard InChI is InChI=1S/C18H22N2O2S/c1-13-3-4-16(14(2)9-13)19-18(21)11-20-6-7-22-17(10-20)15-5-8-23-12-15/h3-5,8-9,12,17H,6-7,10-11H2,1-2H3,(H,19,21). The molecule has 4 nitrogen and oxygen atoms in total. The molecule has 122 valence electrons. The molecular formula is C18H22N2O2S. The number of benzene rings is 1. The molecule has 1 aliphatic heterocycles. The number of nitrogens with zero attached hydrogens (tertiary/aromatic N) is 1. The largest absolute Gasteiger partial charge is 0.371 e. The third kappa shape index (κ3) is 4.19. The number of nitrogens with one attached hydrogen (secondary N) is 1. The van der Waals surface area contributed by atoms with Gasteiger partial charge in [-0.25, -0.2) is 0 Å². The van der Waals surface area contributed by atoms with Gasteiger partial charge in [0.2, 0.25) is 5.91 Å². The molecule has 3 rings (SSSR count). The molecule has 23 heavy (non-hydrogen) atoms. The van der Waals surface area contributed by atoms with Crippen LogP contribution in [0.2, 0.25) is 0 Å². The number of aryl methyl sites for hydroxylation is 2. The summed E-state index contributed by atoms with van der Waals surface area (Å²) in [5, 5.41) is 7.19. The SMILES string of the molecule is Cc1ccc(NC(=O)CN2CCOC(c3ccsc3)C2)c(C)c1. The molecule has 1 amide bonds. The number of hydrogen-bond acceptors (Lipinski definition) is 4. The minimum absolute atomic E-state index is 0.0305. The summed E-state index contributed by atoms with van der Waals surface area (Å²) in [5.41, 5.74) is 4.39. The summed E-state index contributed by atoms with van der Waals surface area (Å²) in [6.45, 7) is 6.69. The van der Waals surface area contributed by atoms with E-state index in [0.29, 0.717) is 13.2 Å². The van der Waals surface area contributed by atoms with E-state index in [0.717, 1.165) is 24.3 Å². The van der Waals surface area contributed by atoms with Gasteiger partial charge in [-0.05, 0) is 47.9 Å². The van der Waals surface area contributed by atoms with Crippen LogP contribution in [0.25, 0.3) is 0 Å². The van der Waals surface area contributed by atoms with E-state index in [1.165, 1.54) is 11.1 Å². The number of rotatable bonds is 4. The predicted octanol–water partition coefficient (Wildman–Crippen LogP) is 3.38. The van der Waals surface area contributed by atoms with E-state index < -0.39 is 0 Å². The fraction of sp³-hybridized carbons (Fsp3) is 0.389. The molecule has 1 saturated heterocycles. The van der Waals surface area contributed by atoms with Gasteiger partial charge in [0.05, 0.1) is 19.3 Å². The Balaban J connectivity index is 1.57. The number of carbonyl (C=O) groups is 1. The summed E-state index contributed by atoms with van der Waals surface area (Å²) in [7, 11) is 0. The normalized spacial score (nSPS) is 18.8. The van der Waals surface area contributed by atoms with Crippen molar-refractivity contribution >= 4 is 22.9 Å². The van der Waals surface area contributed by atoms with Gasteiger partial charge in [-0.3, -0.25) is 9.69 Å². The zero-order valence-corrected chi connectivity index (χ0v) is 14.4. The Morgan fingerprint density at radius 3 is 3.00 bits per heavy atom. The van der Waals surface area contributed by atoms with E-state index >= 15 is 0 Å². The number of ether oxygens (including phenoxy) is 1. The third-order valence-electron chi connectivity index (χ3n) is 4.09. The molecule has 0 radical (unpaired) electrons. The zero-order chi connectivity index (χ0) is 16.2. The van der Waals surface area contributed by atoms with Gasteiger partial charge in [0.25, 0.3) is 0 Å². The van der Waals surface area contributed by atoms with Crippen molar-refractivity contribution in [3.05, 3.63) is 51.7 Å². The molecule has 2 aromatic rings. The van der Waals surface area contributed by atoms with Gasteiger partial charge in [-0.2, -0.15) is 11.3 Å². The van der Waals surface area contributed by atoms with Crippen LogP contribution in [0.1, 0.15) is 22.8 Å². The first-order chi connectivity index (χ1) is 11.1. The van der Waals surface area contributed by atoms with Crippen LogP contribution >= 0.6 is 11.3 Å². The molecule has 1 unspecified atom stereocenters. The Kier molecular flexibility index (Phi) is 5.10. The lowest BCUT2D eigenvalue weighted by Crippen LogP contribution is -2.42. The highest BCUT2D eigenvalue weighted by molar-refractivity contribution is 7.07. The second-order valence-corrected chi connectivity index (χ2v) is 6.80. The van der Waals surface area contributed by atoms with E-state index in [2.05, 4.69) is 40.0 Å². The topological polar surface area (TPSA) is 41.6 Å². The molecule has 1 aromatic heterocycles. The van der Waals surface area contributed by atoms with Gasteiger partial charge >= 0.3 is 0 Å². The second kappa shape index (κ2) is 7.25. The average molecular weight is 330 g/mol. The average Bonchev–Trinajstić information content (AvgIpc) is 3.05. The van der Waals surface area contributed by atoms with Crippen LogP contribution in [0.3, 0.4) is 0 Å². The van der Waals surface area contributed by atoms with Crippen LogP contribution in [0.15, 0.2) is 35.0 Å². The Bertz CT molecular complexity index is 670. The van der Waals surface area contributed by atoms with E-state index in [1.54, 1.807) is 11.3 Å². The lowest BCUT2D eigenvalue weighted by molar-refractivity contribution is -0.119. The van der Waals surface area contributed by atoms with Crippen molar-refractivity contribution in [1.82, 2.24) is 4.90 Å². The molecular weight excluding hydrogens is 308 g/mol. The highest BCUT2D eigenvalue weighted by Gasteiger charge is 2.23. The van der Waals surface area contributed by atoms with Crippen molar-refractivity contribution in [2.45, 2.75) is 20.0 Å². The molecule has 2 heterocycles. The molecule has 1 N–H and O–H groups in total. The van der Waals surface area contributed by atoms with Crippen molar-refractivity contribution in [3.8, 4) is 0 Å². The fourth-order valence-electron chi connectivity index (χ4n) is 2.85. The molecule has 0 bridgehead atoms. The number of hydrogen-bond donors (Lipinski definition) is 1. The van der Waals surface area contributed by atoms with Gasteiger partial charge < -0.3 is 10.1 Å². The molecule has 0 saturated carbocycles. The Morgan fingerprint density at radius 1 is 1.39 bits per heavy atom. The Labute approximate surface area is 141 Å². The van der Waals surface area contributed by atoms with E-state index in [1.807, 2.05) is 19.1 Å². The number of thiophene rings is 1. The van der Waals surface area contributed by atoms with Crippen molar-refractivity contribution < 1.29 is 9.53 Å². The summed E-state index contributed by atoms with van der Waals surface area (Å²) < 4.78 is 5.82. The first-order valence-electron chi connectivity index (χ1n) is 7.85. The van der Waals surface area contributed by atoms with Crippen molar-refractivity contribution in [2.24, 2.45) is 0 Å². The Morgan fingerprint density at radius 2 is 2.26 bits per heavy atom. The van der Waals surface area contributed by atoms with Crippen molar-refractivity contribution in [2.75, 3.05) is 31.6 Å². The summed E-state index contributed by atoms with van der Waals surface area (Å²) in [4.78, 5) is 14.5. The first-order valence-corrected chi connectivity index (χ1v) is 8.79. The van der Waals surface area contributed by atoms with Crippen molar-refractivity contribution in [1.29, 1.82) is 0 Å². The number of carbonyl (C=O) groups excluding carboxylic acids is 1. The quantitative estimate of drug-likeness (QED) is 0.934. The van der Waals surface area contributed by atoms with Crippen LogP contribution in [-0.2, 0) is 9.53 Å². The molecule has 1 atom stereocenters. The smallest absolute Gasteiger partial charge is 0.238 e. The van der Waals surface area contributed by atoms with E-state index in [-0.39, 0.29) is 12.0 Å². The minimum Gasteiger partial charge on any atom is -0.371 e. The van der Waals surface area contributed by atoms with Gasteiger partial charge in [-0.15, -0.1) is 0 Å². The molecule has 1 aromatic carbocycles. The van der Waals surface area contributed by atoms with Crippen LogP contribution in [0.5, 0.6) is 0 Å². The number of morpholine rings is 1. The monoisotopic (exact) mass is 330 g/mol. The van der Waals surface area contributed by atoms with Crippen LogP contribution in [-0.4, -0.2) is 37.0 Å². The van der Waals surface area contributed by atoms with E-state index in [9.17, 15) is 4.79 Å². The van der Waals surface area contributed by atoms with Crippen LogP contribution in [0, 0.1) is 13.8 Å². The van der Waals surface area contributed by atoms with E-state index in [4.69, 9.17) is 4.74 Å². The maximum atomic E-state index is 12.3. The second-order valence-electron chi connectivity index (χ2n) is 6.02. The number of amides is 1. The third-order valence-corrected chi connectivity index (χ3v) is 4.79. The maximum absolute atomic E-state index is 12.3. The molecule has 5 heteroatoms. The molecule has 0 aliphatic carbocycles. The van der Waals surface area contributed by atoms with Gasteiger partial charge in [0.1, 0.15) is 0 Å². The summed E-state index contributed by atoms with van der Waals surface area (Å²) >= 11 is 1.68. The summed E-state index contributed by atoms with van der Waals surface area (Å²) in [5.74, 6) is 0.0305. The molecule has 0 spiro atoms. The first kappa shape index (κ1) is 16.2. The molecule has 1 fully saturated rings. The lowest BCUT2D eigenvalue weighted by Gasteiger charge is -2.32. The minimum atomic E-state index is 0.0305. The Hall–Kier alpha value is -1.69. The predicted molar refractivity (Wildman–Crippen MR) is 94.0 cm³/mol. The van der Waals surface area contributed by atoms with Crippen LogP contribution < -0.4 is 5.32 Å². The summed E-state index contributed by atoms with van der Waals surface area (Å²) in [6.07, 6.45) is 0.0731. The van der Waals surface area contributed by atoms with Crippen LogP contribution in [0.4, 0.5) is 5.69 Å². The van der Waals surface area contributed by atoms with Gasteiger partial charge in [0, 0.05) is 18.8 Å². The zero-order valence-electron chi connectivity index (χ0n) is 13.5. The highest BCUT2D eigenvalue weighted by Crippen LogP contribution is 2.24. The van der Waals surface area contributed by atoms with Gasteiger partial charge in [-0.1, -0.05) is 17.7 Å². The molecule has 1 aliphatic rings. The summed E-state index contributed by atoms with van der Waals surface area (Å²) in [6, 6.07) is 8.16. The van der Waals surface area contributed by atoms with Gasteiger partial charge in [0.15, 0.2) is 0 Å². The lowest BCUT2D eigenvalue weighted by atomic mass is 10.1. The highest BCUT2D eigenvalue weighted by atomic mass is 32.1. The maximum Gasteiger partial charge on any atom is 0.238 e.